The summed E-state index contributed by atoms with van der Waals surface area (Å²) in [7, 11) is 1.61. The van der Waals surface area contributed by atoms with Gasteiger partial charge in [0.1, 0.15) is 11.6 Å². The molecule has 0 fully saturated rings. The number of amidine groups is 1. The summed E-state index contributed by atoms with van der Waals surface area (Å²) in [6, 6.07) is 5.69. The van der Waals surface area contributed by atoms with E-state index in [1.165, 1.54) is 0 Å². The van der Waals surface area contributed by atoms with E-state index in [-0.39, 0.29) is 5.54 Å². The third-order valence-electron chi connectivity index (χ3n) is 2.60. The van der Waals surface area contributed by atoms with Crippen LogP contribution in [0.2, 0.25) is 0 Å². The summed E-state index contributed by atoms with van der Waals surface area (Å²) < 4.78 is 5.19. The van der Waals surface area contributed by atoms with Crippen LogP contribution in [0.25, 0.3) is 0 Å². The van der Waals surface area contributed by atoms with Crippen molar-refractivity contribution in [2.75, 3.05) is 19.4 Å². The van der Waals surface area contributed by atoms with Crippen molar-refractivity contribution in [2.45, 2.75) is 19.4 Å². The van der Waals surface area contributed by atoms with Crippen molar-refractivity contribution in [3.05, 3.63) is 23.8 Å². The summed E-state index contributed by atoms with van der Waals surface area (Å²) >= 11 is 0. The molecule has 3 N–H and O–H groups in total. The highest BCUT2D eigenvalue weighted by molar-refractivity contribution is 6.01. The molecule has 1 aromatic carbocycles. The van der Waals surface area contributed by atoms with Gasteiger partial charge in [-0.3, -0.25) is 4.99 Å². The lowest BCUT2D eigenvalue weighted by atomic mass is 10.1. The number of methoxy groups -OCH3 is 1. The van der Waals surface area contributed by atoms with E-state index in [1.54, 1.807) is 7.11 Å². The van der Waals surface area contributed by atoms with Crippen LogP contribution >= 0.6 is 0 Å². The van der Waals surface area contributed by atoms with Crippen LogP contribution in [0.3, 0.4) is 0 Å². The van der Waals surface area contributed by atoms with E-state index in [4.69, 9.17) is 10.5 Å². The molecular formula is C12H17N3O. The third kappa shape index (κ3) is 1.96. The molecule has 1 aliphatic rings. The highest BCUT2D eigenvalue weighted by atomic mass is 16.5. The first-order chi connectivity index (χ1) is 7.52. The lowest BCUT2D eigenvalue weighted by molar-refractivity contribution is 0.417. The van der Waals surface area contributed by atoms with Crippen molar-refractivity contribution in [3.63, 3.8) is 0 Å². The Bertz CT molecular complexity index is 438. The number of nitrogens with one attached hydrogen (secondary N) is 1. The summed E-state index contributed by atoms with van der Waals surface area (Å²) in [6.45, 7) is 5.03. The molecule has 1 aromatic rings. The van der Waals surface area contributed by atoms with E-state index in [1.807, 2.05) is 18.2 Å². The summed E-state index contributed by atoms with van der Waals surface area (Å²) in [6.07, 6.45) is 0. The van der Waals surface area contributed by atoms with Crippen molar-refractivity contribution in [3.8, 4) is 5.75 Å². The Hall–Kier alpha value is -1.71. The van der Waals surface area contributed by atoms with E-state index in [2.05, 4.69) is 24.2 Å². The summed E-state index contributed by atoms with van der Waals surface area (Å²) in [5.74, 6) is 1.59. The summed E-state index contributed by atoms with van der Waals surface area (Å²) in [5, 5.41) is 3.37. The monoisotopic (exact) mass is 219 g/mol. The fourth-order valence-electron chi connectivity index (χ4n) is 1.70. The molecule has 0 bridgehead atoms. The molecule has 0 radical (unpaired) electrons. The number of benzene rings is 1. The van der Waals surface area contributed by atoms with Crippen molar-refractivity contribution in [2.24, 2.45) is 4.99 Å². The van der Waals surface area contributed by atoms with Gasteiger partial charge in [0, 0.05) is 5.56 Å². The normalized spacial score (nSPS) is 17.8. The molecule has 4 nitrogen and oxygen atoms in total. The zero-order valence-electron chi connectivity index (χ0n) is 9.87. The van der Waals surface area contributed by atoms with Gasteiger partial charge in [0.05, 0.1) is 24.9 Å². The first-order valence-corrected chi connectivity index (χ1v) is 5.28. The number of hydrogen-bond acceptors (Lipinski definition) is 4. The number of aliphatic imine (C=N–C) groups is 1. The molecule has 0 spiro atoms. The van der Waals surface area contributed by atoms with E-state index < -0.39 is 0 Å². The summed E-state index contributed by atoms with van der Waals surface area (Å²) in [4.78, 5) is 4.47. The number of hydrogen-bond donors (Lipinski definition) is 2. The van der Waals surface area contributed by atoms with Crippen molar-refractivity contribution >= 4 is 11.5 Å². The Morgan fingerprint density at radius 1 is 1.44 bits per heavy atom. The van der Waals surface area contributed by atoms with Gasteiger partial charge in [-0.1, -0.05) is 0 Å². The highest BCUT2D eigenvalue weighted by Gasteiger charge is 2.25. The predicted octanol–water partition coefficient (Wildman–Crippen LogP) is 1.41. The second-order valence-electron chi connectivity index (χ2n) is 4.63. The molecule has 0 saturated heterocycles. The number of ether oxygens (including phenoxy) is 1. The largest absolute Gasteiger partial charge is 0.495 e. The first-order valence-electron chi connectivity index (χ1n) is 5.28. The van der Waals surface area contributed by atoms with Crippen LogP contribution in [-0.2, 0) is 0 Å². The maximum atomic E-state index is 5.77. The van der Waals surface area contributed by atoms with Crippen molar-refractivity contribution in [1.82, 2.24) is 5.32 Å². The molecule has 1 heterocycles. The quantitative estimate of drug-likeness (QED) is 0.739. The molecule has 0 aromatic heterocycles. The van der Waals surface area contributed by atoms with Crippen LogP contribution in [-0.4, -0.2) is 25.0 Å². The number of nitrogen functional groups attached to an aromatic ring is 1. The van der Waals surface area contributed by atoms with E-state index in [0.29, 0.717) is 11.4 Å². The van der Waals surface area contributed by atoms with Crippen LogP contribution in [0.4, 0.5) is 5.69 Å². The van der Waals surface area contributed by atoms with Gasteiger partial charge in [-0.15, -0.1) is 0 Å². The summed E-state index contributed by atoms with van der Waals surface area (Å²) in [5.41, 5.74) is 7.45. The Labute approximate surface area is 95.5 Å². The number of nitrogens with zero attached hydrogens (tertiary/aromatic N) is 1. The smallest absolute Gasteiger partial charge is 0.142 e. The van der Waals surface area contributed by atoms with E-state index in [0.717, 1.165) is 17.9 Å². The standard InChI is InChI=1S/C12H17N3O/c1-12(2)7-14-11(15-12)8-4-5-9(13)10(6-8)16-3/h4-6H,7,13H2,1-3H3,(H,14,15). The van der Waals surface area contributed by atoms with Gasteiger partial charge in [0.15, 0.2) is 0 Å². The maximum Gasteiger partial charge on any atom is 0.142 e. The fourth-order valence-corrected chi connectivity index (χ4v) is 1.70. The molecule has 0 saturated carbocycles. The molecule has 0 atom stereocenters. The highest BCUT2D eigenvalue weighted by Crippen LogP contribution is 2.23. The second-order valence-corrected chi connectivity index (χ2v) is 4.63. The average molecular weight is 219 g/mol. The molecule has 4 heteroatoms. The zero-order chi connectivity index (χ0) is 11.8. The van der Waals surface area contributed by atoms with Gasteiger partial charge in [-0.25, -0.2) is 0 Å². The molecule has 1 aliphatic heterocycles. The van der Waals surface area contributed by atoms with E-state index in [9.17, 15) is 0 Å². The lowest BCUT2D eigenvalue weighted by Gasteiger charge is -2.18. The SMILES string of the molecule is COc1cc(C2=NCC(C)(C)N2)ccc1N. The van der Waals surface area contributed by atoms with Crippen LogP contribution in [0.15, 0.2) is 23.2 Å². The third-order valence-corrected chi connectivity index (χ3v) is 2.60. The minimum Gasteiger partial charge on any atom is -0.495 e. The van der Waals surface area contributed by atoms with Gasteiger partial charge in [0.2, 0.25) is 0 Å². The molecular weight excluding hydrogens is 202 g/mol. The Balaban J connectivity index is 2.29. The Morgan fingerprint density at radius 3 is 2.75 bits per heavy atom. The topological polar surface area (TPSA) is 59.6 Å². The van der Waals surface area contributed by atoms with Gasteiger partial charge >= 0.3 is 0 Å². The van der Waals surface area contributed by atoms with Crippen LogP contribution < -0.4 is 15.8 Å². The van der Waals surface area contributed by atoms with Gasteiger partial charge in [-0.05, 0) is 32.0 Å². The van der Waals surface area contributed by atoms with Gasteiger partial charge < -0.3 is 15.8 Å². The second kappa shape index (κ2) is 3.70. The maximum absolute atomic E-state index is 5.77. The molecule has 0 amide bonds. The number of nitrogens with two attached hydrogens (primary N) is 1. The predicted molar refractivity (Wildman–Crippen MR) is 66.0 cm³/mol. The Morgan fingerprint density at radius 2 is 2.19 bits per heavy atom. The first kappa shape index (κ1) is 10.8. The minimum atomic E-state index is 0.0317. The fraction of sp³-hybridized carbons (Fsp3) is 0.417. The molecule has 2 rings (SSSR count). The van der Waals surface area contributed by atoms with Crippen LogP contribution in [0.5, 0.6) is 5.75 Å². The van der Waals surface area contributed by atoms with Crippen molar-refractivity contribution in [1.29, 1.82) is 0 Å². The van der Waals surface area contributed by atoms with E-state index >= 15 is 0 Å². The van der Waals surface area contributed by atoms with Crippen molar-refractivity contribution < 1.29 is 4.74 Å². The van der Waals surface area contributed by atoms with Crippen LogP contribution in [0, 0.1) is 0 Å². The van der Waals surface area contributed by atoms with Gasteiger partial charge in [-0.2, -0.15) is 0 Å². The number of rotatable bonds is 2. The average Bonchev–Trinajstić information content (AvgIpc) is 2.59. The Kier molecular flexibility index (Phi) is 2.50. The lowest BCUT2D eigenvalue weighted by Crippen LogP contribution is -2.39. The van der Waals surface area contributed by atoms with Gasteiger partial charge in [0.25, 0.3) is 0 Å². The van der Waals surface area contributed by atoms with Crippen LogP contribution in [0.1, 0.15) is 19.4 Å². The molecule has 0 unspecified atom stereocenters. The molecule has 0 aliphatic carbocycles. The zero-order valence-corrected chi connectivity index (χ0v) is 9.87. The number of anilines is 1. The molecule has 16 heavy (non-hydrogen) atoms. The minimum absolute atomic E-state index is 0.0317. The molecule has 86 valence electrons.